The molecule has 0 radical (unpaired) electrons. The molecule has 0 unspecified atom stereocenters. The number of nitrogens with one attached hydrogen (secondary N) is 1. The van der Waals surface area contributed by atoms with Crippen molar-refractivity contribution in [3.05, 3.63) is 0 Å². The maximum Gasteiger partial charge on any atom is 0.323 e. The van der Waals surface area contributed by atoms with E-state index in [0.717, 1.165) is 12.8 Å². The minimum Gasteiger partial charge on any atom is -0.462 e. The Hall–Kier alpha value is -0.650. The van der Waals surface area contributed by atoms with Gasteiger partial charge in [-0.3, -0.25) is 4.79 Å². The molecule has 16 heavy (non-hydrogen) atoms. The number of β-amino-alcohol motifs (C(OH)–C–C–N with tert-alkyl or cyclic N) is 1. The Labute approximate surface area is 96.1 Å². The lowest BCUT2D eigenvalue weighted by molar-refractivity contribution is -0.147. The predicted molar refractivity (Wildman–Crippen MR) is 59.1 cm³/mol. The minimum atomic E-state index is -0.432. The lowest BCUT2D eigenvalue weighted by atomic mass is 10.2. The Morgan fingerprint density at radius 2 is 2.25 bits per heavy atom. The summed E-state index contributed by atoms with van der Waals surface area (Å²) in [5.74, 6) is -0.296. The molecule has 5 heteroatoms. The van der Waals surface area contributed by atoms with Gasteiger partial charge in [-0.25, -0.2) is 0 Å². The normalized spacial score (nSPS) is 24.6. The van der Waals surface area contributed by atoms with Crippen molar-refractivity contribution in [3.8, 4) is 0 Å². The largest absolute Gasteiger partial charge is 0.462 e. The highest BCUT2D eigenvalue weighted by atomic mass is 16.6. The average Bonchev–Trinajstić information content (AvgIpc) is 2.70. The summed E-state index contributed by atoms with van der Waals surface area (Å²) in [5, 5.41) is 12.1. The highest BCUT2D eigenvalue weighted by Gasteiger charge is 2.28. The molecule has 1 heterocycles. The molecule has 0 spiro atoms. The first-order valence-electron chi connectivity index (χ1n) is 5.90. The predicted octanol–water partition coefficient (Wildman–Crippen LogP) is 0.0691. The van der Waals surface area contributed by atoms with E-state index in [2.05, 4.69) is 12.2 Å². The number of carbonyl (C=O) groups is 1. The van der Waals surface area contributed by atoms with E-state index in [1.165, 1.54) is 0 Å². The molecule has 2 atom stereocenters. The second kappa shape index (κ2) is 7.60. The van der Waals surface area contributed by atoms with Gasteiger partial charge in [0.2, 0.25) is 0 Å². The number of carbonyl (C=O) groups excluding carboxylic acids is 1. The first kappa shape index (κ1) is 13.4. The van der Waals surface area contributed by atoms with E-state index in [4.69, 9.17) is 9.47 Å². The SMILES string of the molecule is CCCCOCCOC(=O)[C@@H]1C[C@@H](O)CN1. The molecule has 0 aromatic rings. The lowest BCUT2D eigenvalue weighted by Gasteiger charge is -2.10. The van der Waals surface area contributed by atoms with Crippen molar-refractivity contribution in [2.75, 3.05) is 26.4 Å². The zero-order valence-corrected chi connectivity index (χ0v) is 9.78. The van der Waals surface area contributed by atoms with Crippen LogP contribution in [0.4, 0.5) is 0 Å². The van der Waals surface area contributed by atoms with Crippen molar-refractivity contribution in [1.82, 2.24) is 5.32 Å². The molecule has 0 bridgehead atoms. The molecule has 1 saturated heterocycles. The van der Waals surface area contributed by atoms with Crippen LogP contribution in [-0.2, 0) is 14.3 Å². The molecule has 1 aliphatic heterocycles. The number of unbranched alkanes of at least 4 members (excludes halogenated alkanes) is 1. The highest BCUT2D eigenvalue weighted by molar-refractivity contribution is 5.76. The number of esters is 1. The first-order chi connectivity index (χ1) is 7.74. The van der Waals surface area contributed by atoms with Gasteiger partial charge in [0.15, 0.2) is 0 Å². The molecule has 94 valence electrons. The Kier molecular flexibility index (Phi) is 6.37. The summed E-state index contributed by atoms with van der Waals surface area (Å²) < 4.78 is 10.3. The summed E-state index contributed by atoms with van der Waals surface area (Å²) in [5.41, 5.74) is 0. The summed E-state index contributed by atoms with van der Waals surface area (Å²) >= 11 is 0. The molecular formula is C11H21NO4. The lowest BCUT2D eigenvalue weighted by Crippen LogP contribution is -2.33. The van der Waals surface area contributed by atoms with Gasteiger partial charge in [0, 0.05) is 19.6 Å². The molecule has 0 aliphatic carbocycles. The van der Waals surface area contributed by atoms with Crippen LogP contribution >= 0.6 is 0 Å². The van der Waals surface area contributed by atoms with E-state index in [0.29, 0.717) is 26.2 Å². The fourth-order valence-electron chi connectivity index (χ4n) is 1.55. The van der Waals surface area contributed by atoms with Gasteiger partial charge < -0.3 is 19.9 Å². The van der Waals surface area contributed by atoms with Crippen LogP contribution in [0.15, 0.2) is 0 Å². The minimum absolute atomic E-state index is 0.289. The third kappa shape index (κ3) is 4.92. The van der Waals surface area contributed by atoms with Gasteiger partial charge in [-0.05, 0) is 6.42 Å². The Morgan fingerprint density at radius 3 is 2.88 bits per heavy atom. The van der Waals surface area contributed by atoms with Crippen LogP contribution in [0.5, 0.6) is 0 Å². The average molecular weight is 231 g/mol. The zero-order valence-electron chi connectivity index (χ0n) is 9.78. The van der Waals surface area contributed by atoms with Crippen LogP contribution in [0.1, 0.15) is 26.2 Å². The van der Waals surface area contributed by atoms with E-state index in [-0.39, 0.29) is 18.6 Å². The van der Waals surface area contributed by atoms with E-state index in [1.807, 2.05) is 0 Å². The molecule has 1 rings (SSSR count). The fraction of sp³-hybridized carbons (Fsp3) is 0.909. The van der Waals surface area contributed by atoms with E-state index in [9.17, 15) is 9.90 Å². The van der Waals surface area contributed by atoms with Gasteiger partial charge >= 0.3 is 5.97 Å². The van der Waals surface area contributed by atoms with Crippen molar-refractivity contribution >= 4 is 5.97 Å². The van der Waals surface area contributed by atoms with Gasteiger partial charge in [-0.15, -0.1) is 0 Å². The second-order valence-electron chi connectivity index (χ2n) is 3.98. The standard InChI is InChI=1S/C11H21NO4/c1-2-3-4-15-5-6-16-11(14)10-7-9(13)8-12-10/h9-10,12-13H,2-8H2,1H3/t9-,10+/m1/s1. The zero-order chi connectivity index (χ0) is 11.8. The van der Waals surface area contributed by atoms with Gasteiger partial charge in [-0.1, -0.05) is 13.3 Å². The smallest absolute Gasteiger partial charge is 0.323 e. The van der Waals surface area contributed by atoms with Crippen molar-refractivity contribution in [1.29, 1.82) is 0 Å². The summed E-state index contributed by atoms with van der Waals surface area (Å²) in [6.45, 7) is 4.01. The quantitative estimate of drug-likeness (QED) is 0.479. The number of aliphatic hydroxyl groups excluding tert-OH is 1. The molecule has 0 aromatic heterocycles. The molecule has 1 aliphatic rings. The third-order valence-corrected chi connectivity index (χ3v) is 2.51. The molecule has 1 fully saturated rings. The highest BCUT2D eigenvalue weighted by Crippen LogP contribution is 2.07. The van der Waals surface area contributed by atoms with E-state index in [1.54, 1.807) is 0 Å². The monoisotopic (exact) mass is 231 g/mol. The van der Waals surface area contributed by atoms with Gasteiger partial charge in [0.1, 0.15) is 12.6 Å². The number of aliphatic hydroxyl groups is 1. The molecule has 2 N–H and O–H groups in total. The number of hydrogen-bond acceptors (Lipinski definition) is 5. The second-order valence-corrected chi connectivity index (χ2v) is 3.98. The number of ether oxygens (including phenoxy) is 2. The summed E-state index contributed by atoms with van der Waals surface area (Å²) in [6, 6.07) is -0.356. The van der Waals surface area contributed by atoms with Crippen LogP contribution < -0.4 is 5.32 Å². The Morgan fingerprint density at radius 1 is 1.44 bits per heavy atom. The number of rotatable bonds is 7. The van der Waals surface area contributed by atoms with Crippen LogP contribution in [-0.4, -0.2) is 49.6 Å². The van der Waals surface area contributed by atoms with Crippen molar-refractivity contribution < 1.29 is 19.4 Å². The molecule has 0 amide bonds. The first-order valence-corrected chi connectivity index (χ1v) is 5.90. The molecule has 5 nitrogen and oxygen atoms in total. The third-order valence-electron chi connectivity index (χ3n) is 2.51. The molecular weight excluding hydrogens is 210 g/mol. The van der Waals surface area contributed by atoms with Gasteiger partial charge in [0.05, 0.1) is 12.7 Å². The van der Waals surface area contributed by atoms with Gasteiger partial charge in [0.25, 0.3) is 0 Å². The molecule has 0 saturated carbocycles. The van der Waals surface area contributed by atoms with Crippen LogP contribution in [0.3, 0.4) is 0 Å². The number of hydrogen-bond donors (Lipinski definition) is 2. The Balaban J connectivity index is 1.98. The fourth-order valence-corrected chi connectivity index (χ4v) is 1.55. The van der Waals surface area contributed by atoms with Crippen LogP contribution in [0, 0.1) is 0 Å². The van der Waals surface area contributed by atoms with Crippen molar-refractivity contribution in [3.63, 3.8) is 0 Å². The van der Waals surface area contributed by atoms with E-state index >= 15 is 0 Å². The van der Waals surface area contributed by atoms with Crippen molar-refractivity contribution in [2.24, 2.45) is 0 Å². The van der Waals surface area contributed by atoms with E-state index < -0.39 is 6.10 Å². The van der Waals surface area contributed by atoms with Crippen LogP contribution in [0.2, 0.25) is 0 Å². The molecule has 0 aromatic carbocycles. The Bertz CT molecular complexity index is 210. The van der Waals surface area contributed by atoms with Crippen LogP contribution in [0.25, 0.3) is 0 Å². The topological polar surface area (TPSA) is 67.8 Å². The maximum atomic E-state index is 11.4. The van der Waals surface area contributed by atoms with Gasteiger partial charge in [-0.2, -0.15) is 0 Å². The summed E-state index contributed by atoms with van der Waals surface area (Å²) in [7, 11) is 0. The maximum absolute atomic E-state index is 11.4. The summed E-state index contributed by atoms with van der Waals surface area (Å²) in [6.07, 6.45) is 2.14. The van der Waals surface area contributed by atoms with Crippen molar-refractivity contribution in [2.45, 2.75) is 38.3 Å². The summed E-state index contributed by atoms with van der Waals surface area (Å²) in [4.78, 5) is 11.4.